The Bertz CT molecular complexity index is 359. The zero-order valence-corrected chi connectivity index (χ0v) is 8.81. The molecule has 1 rings (SSSR count). The fraction of sp³-hybridized carbons (Fsp3) is 0.455. The van der Waals surface area contributed by atoms with Crippen LogP contribution in [0.3, 0.4) is 0 Å². The van der Waals surface area contributed by atoms with Crippen LogP contribution in [0.1, 0.15) is 17.5 Å². The van der Waals surface area contributed by atoms with Gasteiger partial charge in [-0.1, -0.05) is 12.1 Å². The van der Waals surface area contributed by atoms with E-state index in [9.17, 15) is 17.6 Å². The second kappa shape index (κ2) is 4.82. The Hall–Kier alpha value is -1.10. The molecule has 0 bridgehead atoms. The van der Waals surface area contributed by atoms with E-state index in [1.807, 2.05) is 0 Å². The summed E-state index contributed by atoms with van der Waals surface area (Å²) in [6, 6.07) is 2.45. The van der Waals surface area contributed by atoms with Crippen LogP contribution in [0.5, 0.6) is 0 Å². The summed E-state index contributed by atoms with van der Waals surface area (Å²) in [7, 11) is 0. The van der Waals surface area contributed by atoms with Crippen molar-refractivity contribution >= 4 is 0 Å². The van der Waals surface area contributed by atoms with Gasteiger partial charge in [-0.15, -0.1) is 0 Å². The fourth-order valence-electron chi connectivity index (χ4n) is 1.35. The van der Waals surface area contributed by atoms with Gasteiger partial charge in [0.15, 0.2) is 0 Å². The first-order chi connectivity index (χ1) is 7.30. The molecule has 1 unspecified atom stereocenters. The molecule has 90 valence electrons. The predicted molar refractivity (Wildman–Crippen MR) is 53.5 cm³/mol. The van der Waals surface area contributed by atoms with E-state index in [-0.39, 0.29) is 18.7 Å². The van der Waals surface area contributed by atoms with Crippen LogP contribution in [0.25, 0.3) is 0 Å². The molecular weight excluding hydrogens is 222 g/mol. The maximum absolute atomic E-state index is 12.9. The van der Waals surface area contributed by atoms with E-state index in [1.54, 1.807) is 13.0 Å². The Kier molecular flexibility index (Phi) is 3.91. The topological polar surface area (TPSA) is 26.0 Å². The highest BCUT2D eigenvalue weighted by molar-refractivity contribution is 5.24. The molecule has 1 atom stereocenters. The lowest BCUT2D eigenvalue weighted by molar-refractivity contribution is -0.148. The number of rotatable bonds is 3. The summed E-state index contributed by atoms with van der Waals surface area (Å²) in [4.78, 5) is 0. The third-order valence-electron chi connectivity index (χ3n) is 2.39. The molecule has 0 aliphatic heterocycles. The van der Waals surface area contributed by atoms with Gasteiger partial charge in [0.25, 0.3) is 0 Å². The summed E-state index contributed by atoms with van der Waals surface area (Å²) in [6.45, 7) is 1.57. The molecule has 1 aromatic carbocycles. The van der Waals surface area contributed by atoms with E-state index in [4.69, 9.17) is 5.73 Å². The Morgan fingerprint density at radius 1 is 1.31 bits per heavy atom. The number of aryl methyl sites for hydroxylation is 2. The van der Waals surface area contributed by atoms with Crippen molar-refractivity contribution in [1.82, 2.24) is 0 Å². The number of halogens is 4. The molecule has 16 heavy (non-hydrogen) atoms. The molecule has 5 heteroatoms. The third-order valence-corrected chi connectivity index (χ3v) is 2.39. The van der Waals surface area contributed by atoms with Gasteiger partial charge in [-0.05, 0) is 37.0 Å². The maximum Gasteiger partial charge on any atom is 0.403 e. The number of benzene rings is 1. The van der Waals surface area contributed by atoms with Gasteiger partial charge in [0.1, 0.15) is 11.9 Å². The van der Waals surface area contributed by atoms with Crippen LogP contribution in [0.4, 0.5) is 17.6 Å². The van der Waals surface area contributed by atoms with Crippen LogP contribution >= 0.6 is 0 Å². The number of alkyl halides is 3. The van der Waals surface area contributed by atoms with E-state index in [2.05, 4.69) is 0 Å². The molecular formula is C11H13F4N. The lowest BCUT2D eigenvalue weighted by Gasteiger charge is -2.15. The van der Waals surface area contributed by atoms with Crippen molar-refractivity contribution in [1.29, 1.82) is 0 Å². The average molecular weight is 235 g/mol. The summed E-state index contributed by atoms with van der Waals surface area (Å²) >= 11 is 0. The number of hydrogen-bond acceptors (Lipinski definition) is 1. The predicted octanol–water partition coefficient (Wildman–Crippen LogP) is 2.96. The highest BCUT2D eigenvalue weighted by Gasteiger charge is 2.35. The van der Waals surface area contributed by atoms with Gasteiger partial charge in [0.05, 0.1) is 0 Å². The second-order valence-corrected chi connectivity index (χ2v) is 3.77. The molecule has 0 spiro atoms. The minimum atomic E-state index is -4.37. The lowest BCUT2D eigenvalue weighted by Crippen LogP contribution is -2.37. The molecule has 0 saturated heterocycles. The summed E-state index contributed by atoms with van der Waals surface area (Å²) in [5, 5.41) is 0. The van der Waals surface area contributed by atoms with Crippen LogP contribution in [-0.2, 0) is 6.42 Å². The number of nitrogens with two attached hydrogens (primary N) is 1. The fourth-order valence-corrected chi connectivity index (χ4v) is 1.35. The monoisotopic (exact) mass is 235 g/mol. The molecule has 0 fully saturated rings. The van der Waals surface area contributed by atoms with Crippen molar-refractivity contribution in [3.63, 3.8) is 0 Å². The molecule has 1 aromatic rings. The minimum Gasteiger partial charge on any atom is -0.320 e. The quantitative estimate of drug-likeness (QED) is 0.801. The van der Waals surface area contributed by atoms with Gasteiger partial charge in [-0.2, -0.15) is 13.2 Å². The van der Waals surface area contributed by atoms with Crippen molar-refractivity contribution < 1.29 is 17.6 Å². The molecule has 0 aliphatic carbocycles. The molecule has 0 saturated carbocycles. The van der Waals surface area contributed by atoms with Gasteiger partial charge in [0, 0.05) is 0 Å². The molecule has 1 nitrogen and oxygen atoms in total. The van der Waals surface area contributed by atoms with Crippen LogP contribution in [0.2, 0.25) is 0 Å². The Labute approximate surface area is 91.3 Å². The molecule has 2 N–H and O–H groups in total. The summed E-state index contributed by atoms with van der Waals surface area (Å²) in [5.41, 5.74) is 6.06. The molecule has 0 aliphatic rings. The largest absolute Gasteiger partial charge is 0.403 e. The summed E-state index contributed by atoms with van der Waals surface area (Å²) in [6.07, 6.45) is -4.36. The summed E-state index contributed by atoms with van der Waals surface area (Å²) < 4.78 is 49.2. The zero-order valence-electron chi connectivity index (χ0n) is 8.81. The van der Waals surface area contributed by atoms with Crippen LogP contribution in [0, 0.1) is 12.7 Å². The third kappa shape index (κ3) is 3.48. The first-order valence-corrected chi connectivity index (χ1v) is 4.88. The van der Waals surface area contributed by atoms with Gasteiger partial charge in [0.2, 0.25) is 0 Å². The van der Waals surface area contributed by atoms with Crippen molar-refractivity contribution in [2.75, 3.05) is 0 Å². The smallest absolute Gasteiger partial charge is 0.320 e. The van der Waals surface area contributed by atoms with Crippen molar-refractivity contribution in [3.8, 4) is 0 Å². The Morgan fingerprint density at radius 3 is 2.44 bits per heavy atom. The maximum atomic E-state index is 12.9. The lowest BCUT2D eigenvalue weighted by atomic mass is 10.0. The first kappa shape index (κ1) is 13.0. The number of hydrogen-bond donors (Lipinski definition) is 1. The highest BCUT2D eigenvalue weighted by Crippen LogP contribution is 2.22. The summed E-state index contributed by atoms with van der Waals surface area (Å²) in [5.74, 6) is -0.358. The SMILES string of the molecule is Cc1cc(CCC(N)C(F)(F)F)ccc1F. The van der Waals surface area contributed by atoms with E-state index in [1.165, 1.54) is 12.1 Å². The van der Waals surface area contributed by atoms with E-state index in [0.717, 1.165) is 0 Å². The van der Waals surface area contributed by atoms with Crippen LogP contribution < -0.4 is 5.73 Å². The second-order valence-electron chi connectivity index (χ2n) is 3.77. The van der Waals surface area contributed by atoms with Crippen LogP contribution in [0.15, 0.2) is 18.2 Å². The highest BCUT2D eigenvalue weighted by atomic mass is 19.4. The molecule has 0 heterocycles. The van der Waals surface area contributed by atoms with Crippen molar-refractivity contribution in [2.24, 2.45) is 5.73 Å². The average Bonchev–Trinajstić information content (AvgIpc) is 2.18. The van der Waals surface area contributed by atoms with Crippen LogP contribution in [-0.4, -0.2) is 12.2 Å². The Balaban J connectivity index is 2.58. The minimum absolute atomic E-state index is 0.186. The van der Waals surface area contributed by atoms with E-state index in [0.29, 0.717) is 11.1 Å². The van der Waals surface area contributed by atoms with Gasteiger partial charge < -0.3 is 5.73 Å². The standard InChI is InChI=1S/C11H13F4N/c1-7-6-8(2-4-9(7)12)3-5-10(16)11(13,14)15/h2,4,6,10H,3,5,16H2,1H3. The van der Waals surface area contributed by atoms with Gasteiger partial charge in [-0.25, -0.2) is 4.39 Å². The van der Waals surface area contributed by atoms with E-state index < -0.39 is 12.2 Å². The van der Waals surface area contributed by atoms with E-state index >= 15 is 0 Å². The van der Waals surface area contributed by atoms with Crippen molar-refractivity contribution in [2.45, 2.75) is 32.0 Å². The zero-order chi connectivity index (χ0) is 12.3. The first-order valence-electron chi connectivity index (χ1n) is 4.88. The molecule has 0 radical (unpaired) electrons. The molecule has 0 amide bonds. The molecule has 0 aromatic heterocycles. The Morgan fingerprint density at radius 2 is 1.94 bits per heavy atom. The van der Waals surface area contributed by atoms with Gasteiger partial charge in [-0.3, -0.25) is 0 Å². The van der Waals surface area contributed by atoms with Crippen molar-refractivity contribution in [3.05, 3.63) is 35.1 Å². The normalized spacial score (nSPS) is 13.9. The van der Waals surface area contributed by atoms with Gasteiger partial charge >= 0.3 is 6.18 Å².